The topological polar surface area (TPSA) is 67.4 Å². The molecule has 0 spiro atoms. The van der Waals surface area contributed by atoms with Crippen LogP contribution in [0.25, 0.3) is 0 Å². The highest BCUT2D eigenvalue weighted by atomic mass is 16.5. The average molecular weight is 354 g/mol. The third kappa shape index (κ3) is 4.63. The van der Waals surface area contributed by atoms with Crippen LogP contribution in [-0.2, 0) is 9.59 Å². The molecule has 5 heteroatoms. The van der Waals surface area contributed by atoms with Crippen LogP contribution in [0, 0.1) is 20.8 Å². The average Bonchev–Trinajstić information content (AvgIpc) is 2.61. The molecule has 2 aromatic carbocycles. The van der Waals surface area contributed by atoms with Crippen LogP contribution in [0.4, 0.5) is 11.4 Å². The number of carbonyl (C=O) groups is 2. The zero-order chi connectivity index (χ0) is 19.3. The molecule has 0 saturated heterocycles. The van der Waals surface area contributed by atoms with Gasteiger partial charge in [0.15, 0.2) is 6.10 Å². The Morgan fingerprint density at radius 1 is 0.962 bits per heavy atom. The maximum absolute atomic E-state index is 12.6. The number of ether oxygens (including phenoxy) is 1. The zero-order valence-corrected chi connectivity index (χ0v) is 16.0. The van der Waals surface area contributed by atoms with Gasteiger partial charge in [0, 0.05) is 17.8 Å². The van der Waals surface area contributed by atoms with Gasteiger partial charge < -0.3 is 15.4 Å². The largest absolute Gasteiger partial charge is 0.480 e. The minimum absolute atomic E-state index is 0.0664. The predicted octanol–water partition coefficient (Wildman–Crippen LogP) is 4.37. The highest BCUT2D eigenvalue weighted by Crippen LogP contribution is 2.26. The van der Waals surface area contributed by atoms with Gasteiger partial charge in [0.25, 0.3) is 5.91 Å². The molecule has 0 radical (unpaired) electrons. The summed E-state index contributed by atoms with van der Waals surface area (Å²) in [6.45, 7) is 9.29. The molecule has 1 unspecified atom stereocenters. The first kappa shape index (κ1) is 19.5. The van der Waals surface area contributed by atoms with E-state index in [9.17, 15) is 9.59 Å². The van der Waals surface area contributed by atoms with E-state index in [1.54, 1.807) is 26.0 Å². The Bertz CT molecular complexity index is 795. The summed E-state index contributed by atoms with van der Waals surface area (Å²) in [6, 6.07) is 11.3. The number of rotatable bonds is 6. The van der Waals surface area contributed by atoms with Gasteiger partial charge in [0.05, 0.1) is 0 Å². The summed E-state index contributed by atoms with van der Waals surface area (Å²) < 4.78 is 5.88. The van der Waals surface area contributed by atoms with Crippen molar-refractivity contribution in [2.75, 3.05) is 10.6 Å². The summed E-state index contributed by atoms with van der Waals surface area (Å²) >= 11 is 0. The molecule has 0 aliphatic rings. The van der Waals surface area contributed by atoms with Crippen LogP contribution >= 0.6 is 0 Å². The Balaban J connectivity index is 2.12. The standard InChI is InChI=1S/C21H26N2O3/c1-6-19(24)22-17-11-8-12-18(15(17)4)23-21(25)16(5)26-20-13(2)9-7-10-14(20)3/h7-12,16H,6H2,1-5H3,(H,22,24)(H,23,25). The van der Waals surface area contributed by atoms with E-state index in [1.165, 1.54) is 0 Å². The van der Waals surface area contributed by atoms with Crippen LogP contribution < -0.4 is 15.4 Å². The summed E-state index contributed by atoms with van der Waals surface area (Å²) in [7, 11) is 0. The number of anilines is 2. The van der Waals surface area contributed by atoms with Gasteiger partial charge in [-0.15, -0.1) is 0 Å². The summed E-state index contributed by atoms with van der Waals surface area (Å²) in [5.74, 6) is 0.425. The fraction of sp³-hybridized carbons (Fsp3) is 0.333. The van der Waals surface area contributed by atoms with E-state index < -0.39 is 6.10 Å². The first-order valence-electron chi connectivity index (χ1n) is 8.76. The highest BCUT2D eigenvalue weighted by molar-refractivity contribution is 5.97. The Hall–Kier alpha value is -2.82. The second-order valence-corrected chi connectivity index (χ2v) is 6.35. The molecule has 26 heavy (non-hydrogen) atoms. The molecule has 0 heterocycles. The molecule has 1 atom stereocenters. The second-order valence-electron chi connectivity index (χ2n) is 6.35. The van der Waals surface area contributed by atoms with E-state index in [1.807, 2.05) is 45.0 Å². The number of hydrogen-bond donors (Lipinski definition) is 2. The lowest BCUT2D eigenvalue weighted by Crippen LogP contribution is -2.31. The van der Waals surface area contributed by atoms with E-state index in [0.29, 0.717) is 17.8 Å². The number of benzene rings is 2. The molecule has 2 N–H and O–H groups in total. The summed E-state index contributed by atoms with van der Waals surface area (Å²) in [5.41, 5.74) is 4.14. The molecule has 5 nitrogen and oxygen atoms in total. The molecule has 0 aliphatic heterocycles. The Labute approximate surface area is 154 Å². The van der Waals surface area contributed by atoms with E-state index in [2.05, 4.69) is 10.6 Å². The third-order valence-corrected chi connectivity index (χ3v) is 4.26. The lowest BCUT2D eigenvalue weighted by molar-refractivity contribution is -0.122. The van der Waals surface area contributed by atoms with Crippen molar-refractivity contribution in [3.8, 4) is 5.75 Å². The lowest BCUT2D eigenvalue weighted by Gasteiger charge is -2.19. The first-order chi connectivity index (χ1) is 12.3. The van der Waals surface area contributed by atoms with Gasteiger partial charge in [-0.1, -0.05) is 31.2 Å². The summed E-state index contributed by atoms with van der Waals surface area (Å²) in [5, 5.41) is 5.72. The quantitative estimate of drug-likeness (QED) is 0.809. The van der Waals surface area contributed by atoms with Crippen LogP contribution in [0.1, 0.15) is 37.0 Å². The van der Waals surface area contributed by atoms with Gasteiger partial charge in [-0.2, -0.15) is 0 Å². The van der Waals surface area contributed by atoms with Crippen LogP contribution in [0.2, 0.25) is 0 Å². The van der Waals surface area contributed by atoms with Crippen LogP contribution in [0.5, 0.6) is 5.75 Å². The van der Waals surface area contributed by atoms with E-state index in [-0.39, 0.29) is 11.8 Å². The second kappa shape index (κ2) is 8.52. The number of carbonyl (C=O) groups excluding carboxylic acids is 2. The van der Waals surface area contributed by atoms with E-state index >= 15 is 0 Å². The number of amides is 2. The predicted molar refractivity (Wildman–Crippen MR) is 105 cm³/mol. The molecule has 2 aromatic rings. The molecule has 2 amide bonds. The third-order valence-electron chi connectivity index (χ3n) is 4.26. The van der Waals surface area contributed by atoms with Gasteiger partial charge in [-0.3, -0.25) is 9.59 Å². The monoisotopic (exact) mass is 354 g/mol. The smallest absolute Gasteiger partial charge is 0.265 e. The number of aryl methyl sites for hydroxylation is 2. The Morgan fingerprint density at radius 3 is 2.08 bits per heavy atom. The number of hydrogen-bond acceptors (Lipinski definition) is 3. The Morgan fingerprint density at radius 2 is 1.50 bits per heavy atom. The molecular weight excluding hydrogens is 328 g/mol. The molecule has 0 bridgehead atoms. The minimum atomic E-state index is -0.650. The number of para-hydroxylation sites is 1. The fourth-order valence-corrected chi connectivity index (χ4v) is 2.59. The number of nitrogens with one attached hydrogen (secondary N) is 2. The molecule has 0 fully saturated rings. The molecule has 138 valence electrons. The molecule has 2 rings (SSSR count). The van der Waals surface area contributed by atoms with E-state index in [0.717, 1.165) is 22.4 Å². The molecule has 0 aliphatic carbocycles. The summed E-state index contributed by atoms with van der Waals surface area (Å²) in [6.07, 6.45) is -0.250. The fourth-order valence-electron chi connectivity index (χ4n) is 2.59. The van der Waals surface area contributed by atoms with Crippen LogP contribution in [0.15, 0.2) is 36.4 Å². The van der Waals surface area contributed by atoms with Gasteiger partial charge in [-0.05, 0) is 56.5 Å². The highest BCUT2D eigenvalue weighted by Gasteiger charge is 2.18. The van der Waals surface area contributed by atoms with Crippen molar-refractivity contribution in [2.45, 2.75) is 47.1 Å². The van der Waals surface area contributed by atoms with Gasteiger partial charge in [0.2, 0.25) is 5.91 Å². The maximum atomic E-state index is 12.6. The van der Waals surface area contributed by atoms with Crippen molar-refractivity contribution in [3.05, 3.63) is 53.1 Å². The first-order valence-corrected chi connectivity index (χ1v) is 8.76. The normalized spacial score (nSPS) is 11.6. The maximum Gasteiger partial charge on any atom is 0.265 e. The van der Waals surface area contributed by atoms with E-state index in [4.69, 9.17) is 4.74 Å². The van der Waals surface area contributed by atoms with Crippen molar-refractivity contribution < 1.29 is 14.3 Å². The lowest BCUT2D eigenvalue weighted by atomic mass is 10.1. The van der Waals surface area contributed by atoms with Gasteiger partial charge in [-0.25, -0.2) is 0 Å². The molecule has 0 aromatic heterocycles. The summed E-state index contributed by atoms with van der Waals surface area (Å²) in [4.78, 5) is 24.2. The van der Waals surface area contributed by atoms with Crippen LogP contribution in [-0.4, -0.2) is 17.9 Å². The van der Waals surface area contributed by atoms with Crippen molar-refractivity contribution >= 4 is 23.2 Å². The zero-order valence-electron chi connectivity index (χ0n) is 16.0. The Kier molecular flexibility index (Phi) is 6.39. The van der Waals surface area contributed by atoms with Crippen LogP contribution in [0.3, 0.4) is 0 Å². The van der Waals surface area contributed by atoms with Crippen molar-refractivity contribution in [3.63, 3.8) is 0 Å². The minimum Gasteiger partial charge on any atom is -0.480 e. The SMILES string of the molecule is CCC(=O)Nc1cccc(NC(=O)C(C)Oc2c(C)cccc2C)c1C. The van der Waals surface area contributed by atoms with Crippen molar-refractivity contribution in [2.24, 2.45) is 0 Å². The van der Waals surface area contributed by atoms with Crippen molar-refractivity contribution in [1.29, 1.82) is 0 Å². The van der Waals surface area contributed by atoms with Gasteiger partial charge in [0.1, 0.15) is 5.75 Å². The molecule has 0 saturated carbocycles. The molecular formula is C21H26N2O3. The van der Waals surface area contributed by atoms with Gasteiger partial charge >= 0.3 is 0 Å². The van der Waals surface area contributed by atoms with Crippen molar-refractivity contribution in [1.82, 2.24) is 0 Å².